The molecule has 0 spiro atoms. The molecule has 0 bridgehead atoms. The average molecular weight is 603 g/mol. The van der Waals surface area contributed by atoms with E-state index in [0.29, 0.717) is 49.6 Å². The van der Waals surface area contributed by atoms with Gasteiger partial charge in [-0.1, -0.05) is 57.9 Å². The molecule has 0 saturated heterocycles. The van der Waals surface area contributed by atoms with Gasteiger partial charge in [0.15, 0.2) is 11.6 Å². The molecular formula is C32H19BrN4O4. The molecule has 0 atom stereocenters. The first-order valence-corrected chi connectivity index (χ1v) is 13.9. The summed E-state index contributed by atoms with van der Waals surface area (Å²) < 4.78 is 2.83. The molecule has 2 aromatic heterocycles. The van der Waals surface area contributed by atoms with Gasteiger partial charge >= 0.3 is 0 Å². The number of hydrogen-bond acceptors (Lipinski definition) is 6. The van der Waals surface area contributed by atoms with Gasteiger partial charge in [-0.15, -0.1) is 0 Å². The lowest BCUT2D eigenvalue weighted by Gasteiger charge is -2.06. The minimum atomic E-state index is -0.200. The van der Waals surface area contributed by atoms with Crippen LogP contribution in [0.5, 0.6) is 0 Å². The topological polar surface area (TPSA) is 104 Å². The predicted octanol–water partition coefficient (Wildman–Crippen LogP) is 5.06. The van der Waals surface area contributed by atoms with Crippen LogP contribution in [-0.2, 0) is 5.33 Å². The number of benzene rings is 4. The van der Waals surface area contributed by atoms with E-state index in [4.69, 9.17) is 0 Å². The number of alkyl halides is 1. The van der Waals surface area contributed by atoms with E-state index in [1.54, 1.807) is 48.5 Å². The maximum Gasteiger partial charge on any atom is 0.266 e. The molecule has 9 heteroatoms. The zero-order valence-electron chi connectivity index (χ0n) is 21.6. The molecule has 0 saturated carbocycles. The molecule has 0 radical (unpaired) electrons. The standard InChI is InChI=1S/C16H9BrN2O2.C16H10N2O2/c17-8-9-5-6-12-11(7-9)16(21)19-13-4-2-1-3-10(13)14(20)15(19)18-12;1-9-6-7-12-11(8-9)16(20)18-13-5-3-2-4-10(13)14(19)15(18)17-12/h1-7H,8H2;2-8H,1H3. The van der Waals surface area contributed by atoms with Gasteiger partial charge in [0, 0.05) is 5.33 Å². The molecule has 0 unspecified atom stereocenters. The molecule has 0 fully saturated rings. The smallest absolute Gasteiger partial charge is 0.266 e. The third-order valence-electron chi connectivity index (χ3n) is 7.30. The molecule has 6 aromatic rings. The molecule has 4 aromatic carbocycles. The highest BCUT2D eigenvalue weighted by atomic mass is 79.9. The fraction of sp³-hybridized carbons (Fsp3) is 0.0625. The van der Waals surface area contributed by atoms with Crippen molar-refractivity contribution < 1.29 is 9.59 Å². The maximum atomic E-state index is 12.8. The molecule has 0 aliphatic carbocycles. The summed E-state index contributed by atoms with van der Waals surface area (Å²) in [6.07, 6.45) is 0. The van der Waals surface area contributed by atoms with Gasteiger partial charge in [0.25, 0.3) is 11.1 Å². The number of ketones is 2. The largest absolute Gasteiger partial charge is 0.285 e. The quantitative estimate of drug-likeness (QED) is 0.243. The highest BCUT2D eigenvalue weighted by molar-refractivity contribution is 9.08. The van der Waals surface area contributed by atoms with Crippen LogP contribution < -0.4 is 11.1 Å². The van der Waals surface area contributed by atoms with E-state index >= 15 is 0 Å². The fourth-order valence-electron chi connectivity index (χ4n) is 5.33. The van der Waals surface area contributed by atoms with Crippen molar-refractivity contribution in [1.82, 2.24) is 19.1 Å². The van der Waals surface area contributed by atoms with Crippen molar-refractivity contribution >= 4 is 49.3 Å². The first kappa shape index (κ1) is 25.0. The van der Waals surface area contributed by atoms with Gasteiger partial charge in [-0.3, -0.25) is 28.3 Å². The van der Waals surface area contributed by atoms with Crippen molar-refractivity contribution in [3.8, 4) is 11.4 Å². The SMILES string of the molecule is Cc1ccc2nc3n(c(=O)c2c1)-c1ccccc1C3=O.O=C1c2ccccc2-n2c1nc1ccc(CBr)cc1c2=O. The van der Waals surface area contributed by atoms with E-state index in [1.165, 1.54) is 9.13 Å². The lowest BCUT2D eigenvalue weighted by Crippen LogP contribution is -2.21. The van der Waals surface area contributed by atoms with Crippen molar-refractivity contribution in [2.75, 3.05) is 0 Å². The van der Waals surface area contributed by atoms with Gasteiger partial charge in [0.2, 0.25) is 11.6 Å². The normalized spacial score (nSPS) is 12.5. The van der Waals surface area contributed by atoms with Crippen LogP contribution in [0, 0.1) is 6.92 Å². The van der Waals surface area contributed by atoms with Crippen LogP contribution in [0.4, 0.5) is 0 Å². The van der Waals surface area contributed by atoms with Crippen LogP contribution >= 0.6 is 15.9 Å². The van der Waals surface area contributed by atoms with E-state index in [1.807, 2.05) is 43.3 Å². The Morgan fingerprint density at radius 2 is 1.12 bits per heavy atom. The number of fused-ring (bicyclic) bond motifs is 8. The second-order valence-electron chi connectivity index (χ2n) is 9.85. The van der Waals surface area contributed by atoms with Crippen molar-refractivity contribution in [1.29, 1.82) is 0 Å². The van der Waals surface area contributed by atoms with Gasteiger partial charge < -0.3 is 0 Å². The molecule has 41 heavy (non-hydrogen) atoms. The number of hydrogen-bond donors (Lipinski definition) is 0. The second-order valence-corrected chi connectivity index (χ2v) is 10.4. The van der Waals surface area contributed by atoms with Crippen molar-refractivity contribution in [3.05, 3.63) is 140 Å². The van der Waals surface area contributed by atoms with Crippen LogP contribution in [-0.4, -0.2) is 30.7 Å². The molecular weight excluding hydrogens is 584 g/mol. The molecule has 0 amide bonds. The number of aryl methyl sites for hydroxylation is 1. The van der Waals surface area contributed by atoms with Crippen LogP contribution in [0.1, 0.15) is 43.5 Å². The average Bonchev–Trinajstić information content (AvgIpc) is 3.45. The summed E-state index contributed by atoms with van der Waals surface area (Å²) in [5, 5.41) is 1.73. The van der Waals surface area contributed by atoms with E-state index in [-0.39, 0.29) is 34.3 Å². The lowest BCUT2D eigenvalue weighted by molar-refractivity contribution is 0.102. The third-order valence-corrected chi connectivity index (χ3v) is 7.94. The van der Waals surface area contributed by atoms with E-state index < -0.39 is 0 Å². The van der Waals surface area contributed by atoms with Gasteiger partial charge in [-0.05, 0) is 61.0 Å². The predicted molar refractivity (Wildman–Crippen MR) is 159 cm³/mol. The third kappa shape index (κ3) is 3.73. The summed E-state index contributed by atoms with van der Waals surface area (Å²) in [4.78, 5) is 58.9. The number of rotatable bonds is 1. The summed E-state index contributed by atoms with van der Waals surface area (Å²) in [5.74, 6) is 0.00203. The first-order valence-electron chi connectivity index (χ1n) is 12.8. The van der Waals surface area contributed by atoms with Gasteiger partial charge in [-0.2, -0.15) is 0 Å². The number of nitrogens with zero attached hydrogens (tertiary/aromatic N) is 4. The number of carbonyl (C=O) groups is 2. The molecule has 2 aliphatic rings. The Hall–Kier alpha value is -5.02. The van der Waals surface area contributed by atoms with Gasteiger partial charge in [0.1, 0.15) is 0 Å². The minimum absolute atomic E-state index is 0.188. The highest BCUT2D eigenvalue weighted by Gasteiger charge is 2.31. The first-order chi connectivity index (χ1) is 19.9. The maximum absolute atomic E-state index is 12.8. The van der Waals surface area contributed by atoms with Gasteiger partial charge in [-0.25, -0.2) is 9.97 Å². The van der Waals surface area contributed by atoms with Crippen molar-refractivity contribution in [3.63, 3.8) is 0 Å². The highest BCUT2D eigenvalue weighted by Crippen LogP contribution is 2.27. The Morgan fingerprint density at radius 3 is 1.66 bits per heavy atom. The number of para-hydroxylation sites is 2. The number of carbonyl (C=O) groups excluding carboxylic acids is 2. The van der Waals surface area contributed by atoms with Crippen molar-refractivity contribution in [2.45, 2.75) is 12.3 Å². The number of halogens is 1. The van der Waals surface area contributed by atoms with Crippen molar-refractivity contribution in [2.24, 2.45) is 0 Å². The lowest BCUT2D eigenvalue weighted by atomic mass is 10.1. The zero-order chi connectivity index (χ0) is 28.4. The molecule has 2 aliphatic heterocycles. The summed E-state index contributed by atoms with van der Waals surface area (Å²) >= 11 is 3.38. The van der Waals surface area contributed by atoms with Crippen LogP contribution in [0.2, 0.25) is 0 Å². The molecule has 0 N–H and O–H groups in total. The molecule has 4 heterocycles. The van der Waals surface area contributed by atoms with Crippen LogP contribution in [0.3, 0.4) is 0 Å². The zero-order valence-corrected chi connectivity index (χ0v) is 23.2. The van der Waals surface area contributed by atoms with Crippen LogP contribution in [0.15, 0.2) is 94.5 Å². The molecule has 8 nitrogen and oxygen atoms in total. The fourth-order valence-corrected chi connectivity index (χ4v) is 5.68. The Morgan fingerprint density at radius 1 is 0.634 bits per heavy atom. The van der Waals surface area contributed by atoms with Gasteiger partial charge in [0.05, 0.1) is 44.3 Å². The Labute approximate surface area is 240 Å². The Kier molecular flexibility index (Phi) is 5.65. The summed E-state index contributed by atoms with van der Waals surface area (Å²) in [6, 6.07) is 25.2. The summed E-state index contributed by atoms with van der Waals surface area (Å²) in [6.45, 7) is 1.93. The minimum Gasteiger partial charge on any atom is -0.285 e. The summed E-state index contributed by atoms with van der Waals surface area (Å²) in [5.41, 5.74) is 5.01. The van der Waals surface area contributed by atoms with E-state index in [9.17, 15) is 19.2 Å². The Balaban J connectivity index is 0.000000135. The Bertz CT molecular complexity index is 2250. The second kappa shape index (κ2) is 9.28. The van der Waals surface area contributed by atoms with Crippen LogP contribution in [0.25, 0.3) is 33.2 Å². The number of aromatic nitrogens is 4. The molecule has 8 rings (SSSR count). The van der Waals surface area contributed by atoms with E-state index in [2.05, 4.69) is 25.9 Å². The monoisotopic (exact) mass is 602 g/mol. The molecule has 198 valence electrons. The van der Waals surface area contributed by atoms with E-state index in [0.717, 1.165) is 11.1 Å². The summed E-state index contributed by atoms with van der Waals surface area (Å²) in [7, 11) is 0.